The Morgan fingerprint density at radius 3 is 2.69 bits per heavy atom. The van der Waals surface area contributed by atoms with Crippen molar-refractivity contribution >= 4 is 5.91 Å². The summed E-state index contributed by atoms with van der Waals surface area (Å²) in [5.74, 6) is 1.52. The number of nitrogens with zero attached hydrogens (tertiary/aromatic N) is 3. The number of nitrogens with one attached hydrogen (secondary N) is 1. The molecule has 2 aromatic rings. The predicted octanol–water partition coefficient (Wildman–Crippen LogP) is 3.46. The van der Waals surface area contributed by atoms with Gasteiger partial charge in [0.2, 0.25) is 0 Å². The molecule has 1 aliphatic heterocycles. The summed E-state index contributed by atoms with van der Waals surface area (Å²) in [6.45, 7) is 14.5. The van der Waals surface area contributed by atoms with Crippen LogP contribution in [0.15, 0.2) is 24.4 Å². The van der Waals surface area contributed by atoms with Crippen LogP contribution in [-0.2, 0) is 13.1 Å². The Kier molecular flexibility index (Phi) is 5.47. The maximum absolute atomic E-state index is 12.7. The minimum atomic E-state index is -0.102. The van der Waals surface area contributed by atoms with Crippen LogP contribution >= 0.6 is 0 Å². The van der Waals surface area contributed by atoms with E-state index in [0.29, 0.717) is 11.6 Å². The molecule has 1 amide bonds. The van der Waals surface area contributed by atoms with Gasteiger partial charge in [0.15, 0.2) is 0 Å². The van der Waals surface area contributed by atoms with Gasteiger partial charge in [-0.15, -0.1) is 0 Å². The fourth-order valence-corrected chi connectivity index (χ4v) is 3.74. The van der Waals surface area contributed by atoms with Crippen LogP contribution in [0.2, 0.25) is 0 Å². The Bertz CT molecular complexity index is 793. The second kappa shape index (κ2) is 7.62. The normalized spacial score (nSPS) is 15.8. The third-order valence-electron chi connectivity index (χ3n) is 4.98. The third kappa shape index (κ3) is 4.15. The highest BCUT2D eigenvalue weighted by Crippen LogP contribution is 2.20. The molecule has 0 spiro atoms. The van der Waals surface area contributed by atoms with Crippen LogP contribution in [0.1, 0.15) is 59.8 Å². The quantitative estimate of drug-likeness (QED) is 0.894. The predicted molar refractivity (Wildman–Crippen MR) is 104 cm³/mol. The lowest BCUT2D eigenvalue weighted by Gasteiger charge is -2.28. The summed E-state index contributed by atoms with van der Waals surface area (Å²) in [4.78, 5) is 19.7. The lowest BCUT2D eigenvalue weighted by Crippen LogP contribution is -2.35. The number of rotatable bonds is 5. The van der Waals surface area contributed by atoms with Crippen LogP contribution in [-0.4, -0.2) is 33.4 Å². The number of imidazole rings is 1. The van der Waals surface area contributed by atoms with Crippen molar-refractivity contribution in [3.05, 3.63) is 52.6 Å². The second-order valence-electron chi connectivity index (χ2n) is 7.92. The standard InChI is InChI=1S/C21H30N4O/c1-14(2)11-24-8-9-25-12-19(23-20(25)13-24)21(26)22-17(5)18-7-6-15(3)10-16(18)4/h6-7,10,12,14,17H,8-9,11,13H2,1-5H3,(H,22,26)/t17-/m0/s1. The molecule has 5 nitrogen and oxygen atoms in total. The summed E-state index contributed by atoms with van der Waals surface area (Å²) < 4.78 is 2.12. The van der Waals surface area contributed by atoms with Gasteiger partial charge in [-0.3, -0.25) is 9.69 Å². The van der Waals surface area contributed by atoms with Gasteiger partial charge in [0.05, 0.1) is 12.6 Å². The van der Waals surface area contributed by atoms with Gasteiger partial charge in [-0.05, 0) is 37.8 Å². The van der Waals surface area contributed by atoms with E-state index in [1.54, 1.807) is 0 Å². The van der Waals surface area contributed by atoms with Gasteiger partial charge in [-0.2, -0.15) is 0 Å². The first-order chi connectivity index (χ1) is 12.3. The molecule has 0 radical (unpaired) electrons. The van der Waals surface area contributed by atoms with Crippen molar-refractivity contribution in [2.45, 2.75) is 53.8 Å². The highest BCUT2D eigenvalue weighted by atomic mass is 16.2. The molecule has 1 aromatic carbocycles. The van der Waals surface area contributed by atoms with Crippen molar-refractivity contribution in [3.63, 3.8) is 0 Å². The molecule has 1 N–H and O–H groups in total. The van der Waals surface area contributed by atoms with Gasteiger partial charge in [-0.1, -0.05) is 37.6 Å². The molecule has 0 aliphatic carbocycles. The fourth-order valence-electron chi connectivity index (χ4n) is 3.74. The minimum absolute atomic E-state index is 0.0423. The van der Waals surface area contributed by atoms with E-state index in [0.717, 1.165) is 37.6 Å². The topological polar surface area (TPSA) is 50.2 Å². The summed E-state index contributed by atoms with van der Waals surface area (Å²) in [7, 11) is 0. The molecule has 1 aromatic heterocycles. The molecule has 3 rings (SSSR count). The van der Waals surface area contributed by atoms with Gasteiger partial charge in [0.1, 0.15) is 11.5 Å². The van der Waals surface area contributed by atoms with Crippen LogP contribution in [0.4, 0.5) is 0 Å². The number of aryl methyl sites for hydroxylation is 2. The molecule has 1 atom stereocenters. The van der Waals surface area contributed by atoms with Gasteiger partial charge in [0.25, 0.3) is 5.91 Å². The van der Waals surface area contributed by atoms with Crippen molar-refractivity contribution in [1.29, 1.82) is 0 Å². The molecule has 2 heterocycles. The van der Waals surface area contributed by atoms with Gasteiger partial charge < -0.3 is 9.88 Å². The summed E-state index contributed by atoms with van der Waals surface area (Å²) in [6, 6.07) is 6.29. The smallest absolute Gasteiger partial charge is 0.271 e. The number of hydrogen-bond acceptors (Lipinski definition) is 3. The lowest BCUT2D eigenvalue weighted by atomic mass is 10.0. The van der Waals surface area contributed by atoms with Gasteiger partial charge in [-0.25, -0.2) is 4.98 Å². The highest BCUT2D eigenvalue weighted by molar-refractivity contribution is 5.92. The summed E-state index contributed by atoms with van der Waals surface area (Å²) in [5.41, 5.74) is 4.10. The number of amides is 1. The molecule has 1 aliphatic rings. The van der Waals surface area contributed by atoms with Crippen molar-refractivity contribution in [2.24, 2.45) is 5.92 Å². The molecule has 0 bridgehead atoms. The Labute approximate surface area is 156 Å². The maximum atomic E-state index is 12.7. The van der Waals surface area contributed by atoms with E-state index >= 15 is 0 Å². The van der Waals surface area contributed by atoms with Crippen molar-refractivity contribution in [1.82, 2.24) is 19.8 Å². The molecule has 140 valence electrons. The molecule has 0 saturated carbocycles. The van der Waals surface area contributed by atoms with Crippen molar-refractivity contribution < 1.29 is 4.79 Å². The van der Waals surface area contributed by atoms with Crippen molar-refractivity contribution in [2.75, 3.05) is 13.1 Å². The van der Waals surface area contributed by atoms with Gasteiger partial charge >= 0.3 is 0 Å². The second-order valence-corrected chi connectivity index (χ2v) is 7.92. The van der Waals surface area contributed by atoms with Crippen LogP contribution in [0, 0.1) is 19.8 Å². The first-order valence-electron chi connectivity index (χ1n) is 9.50. The first kappa shape index (κ1) is 18.6. The van der Waals surface area contributed by atoms with E-state index in [4.69, 9.17) is 0 Å². The Morgan fingerprint density at radius 1 is 1.23 bits per heavy atom. The lowest BCUT2D eigenvalue weighted by molar-refractivity contribution is 0.0935. The monoisotopic (exact) mass is 354 g/mol. The molecule has 0 unspecified atom stereocenters. The SMILES string of the molecule is Cc1ccc([C@H](C)NC(=O)c2cn3c(n2)CN(CC(C)C)CC3)c(C)c1. The highest BCUT2D eigenvalue weighted by Gasteiger charge is 2.22. The zero-order valence-electron chi connectivity index (χ0n) is 16.5. The number of carbonyl (C=O) groups is 1. The van der Waals surface area contributed by atoms with E-state index in [9.17, 15) is 4.79 Å². The molecular formula is C21H30N4O. The van der Waals surface area contributed by atoms with E-state index < -0.39 is 0 Å². The summed E-state index contributed by atoms with van der Waals surface area (Å²) in [6.07, 6.45) is 1.89. The van der Waals surface area contributed by atoms with Crippen LogP contribution < -0.4 is 5.32 Å². The summed E-state index contributed by atoms with van der Waals surface area (Å²) >= 11 is 0. The average molecular weight is 354 g/mol. The summed E-state index contributed by atoms with van der Waals surface area (Å²) in [5, 5.41) is 3.10. The first-order valence-corrected chi connectivity index (χ1v) is 9.50. The molecule has 0 saturated heterocycles. The van der Waals surface area contributed by atoms with E-state index in [2.05, 4.69) is 65.7 Å². The van der Waals surface area contributed by atoms with E-state index in [1.807, 2.05) is 13.1 Å². The number of hydrogen-bond donors (Lipinski definition) is 1. The Morgan fingerprint density at radius 2 is 2.00 bits per heavy atom. The van der Waals surface area contributed by atoms with Crippen LogP contribution in [0.25, 0.3) is 0 Å². The molecule has 5 heteroatoms. The fraction of sp³-hybridized carbons (Fsp3) is 0.524. The number of carbonyl (C=O) groups excluding carboxylic acids is 1. The third-order valence-corrected chi connectivity index (χ3v) is 4.98. The van der Waals surface area contributed by atoms with Crippen molar-refractivity contribution in [3.8, 4) is 0 Å². The average Bonchev–Trinajstić information content (AvgIpc) is 2.97. The zero-order chi connectivity index (χ0) is 18.8. The maximum Gasteiger partial charge on any atom is 0.271 e. The van der Waals surface area contributed by atoms with E-state index in [1.165, 1.54) is 11.1 Å². The van der Waals surface area contributed by atoms with Crippen LogP contribution in [0.5, 0.6) is 0 Å². The molecule has 26 heavy (non-hydrogen) atoms. The number of aromatic nitrogens is 2. The number of benzene rings is 1. The van der Waals surface area contributed by atoms with Crippen LogP contribution in [0.3, 0.4) is 0 Å². The zero-order valence-corrected chi connectivity index (χ0v) is 16.5. The molecular weight excluding hydrogens is 324 g/mol. The Hall–Kier alpha value is -2.14. The Balaban J connectivity index is 1.68. The van der Waals surface area contributed by atoms with Gasteiger partial charge in [0, 0.05) is 25.8 Å². The minimum Gasteiger partial charge on any atom is -0.344 e. The number of fused-ring (bicyclic) bond motifs is 1. The largest absolute Gasteiger partial charge is 0.344 e. The molecule has 0 fully saturated rings. The van der Waals surface area contributed by atoms with E-state index in [-0.39, 0.29) is 11.9 Å².